The monoisotopic (exact) mass is 884 g/mol. The van der Waals surface area contributed by atoms with Crippen molar-refractivity contribution in [3.8, 4) is 23.2 Å². The molecule has 3 amide bonds. The van der Waals surface area contributed by atoms with Gasteiger partial charge < -0.3 is 18.8 Å². The van der Waals surface area contributed by atoms with Crippen molar-refractivity contribution in [2.75, 3.05) is 36.2 Å². The first kappa shape index (κ1) is 42.9. The summed E-state index contributed by atoms with van der Waals surface area (Å²) < 4.78 is 13.1. The smallest absolute Gasteiger partial charge is 0.325 e. The minimum atomic E-state index is -0.985. The van der Waals surface area contributed by atoms with E-state index in [1.807, 2.05) is 38.1 Å². The topological polar surface area (TPSA) is 198 Å². The maximum Gasteiger partial charge on any atom is 0.325 e. The van der Waals surface area contributed by atoms with Crippen molar-refractivity contribution in [2.45, 2.75) is 40.8 Å². The molecular formula is C38H36Cl4N10O7. The van der Waals surface area contributed by atoms with Crippen LogP contribution in [-0.4, -0.2) is 89.7 Å². The first-order valence-electron chi connectivity index (χ1n) is 17.7. The van der Waals surface area contributed by atoms with Crippen molar-refractivity contribution in [1.82, 2.24) is 39.7 Å². The number of oxazole rings is 2. The molecule has 0 spiro atoms. The average Bonchev–Trinajstić information content (AvgIpc) is 4.08. The van der Waals surface area contributed by atoms with Gasteiger partial charge in [0.2, 0.25) is 29.5 Å². The lowest BCUT2D eigenvalue weighted by Crippen LogP contribution is -2.34. The van der Waals surface area contributed by atoms with E-state index in [9.17, 15) is 19.2 Å². The molecule has 6 aromatic rings. The van der Waals surface area contributed by atoms with Gasteiger partial charge in [-0.15, -0.1) is 0 Å². The van der Waals surface area contributed by atoms with Crippen LogP contribution in [0, 0.1) is 27.7 Å². The standard InChI is InChI=1S/C19H17Cl2N5O3.C10H11ClN2O.C9H8ClN3O3/c1-11-13(20)4-3-5-14(11)25-10-24(8-16(25)28)15(27)9-26-12(2)17(21)18(23-26)19-22-6-7-29-19;1-7-8(11)3-2-4-9(7)13-6-12-5-10(13)14;1-5-7(10)8(9-11-2-3-16-9)12-13(5)4-6(14)15/h3-7H,8-10H2,1-2H3;2-4,12H,5-6H2,1H3;2-3H,4H2,1H3,(H,14,15). The first-order valence-corrected chi connectivity index (χ1v) is 19.2. The summed E-state index contributed by atoms with van der Waals surface area (Å²) >= 11 is 24.5. The molecule has 8 rings (SSSR count). The second kappa shape index (κ2) is 18.5. The van der Waals surface area contributed by atoms with E-state index in [1.54, 1.807) is 35.8 Å². The maximum atomic E-state index is 12.8. The number of hydrogen-bond donors (Lipinski definition) is 2. The van der Waals surface area contributed by atoms with E-state index < -0.39 is 5.97 Å². The van der Waals surface area contributed by atoms with Gasteiger partial charge >= 0.3 is 5.97 Å². The molecule has 0 aliphatic carbocycles. The van der Waals surface area contributed by atoms with Crippen molar-refractivity contribution in [3.05, 3.63) is 104 Å². The van der Waals surface area contributed by atoms with Crippen molar-refractivity contribution in [3.63, 3.8) is 0 Å². The Morgan fingerprint density at radius 1 is 0.746 bits per heavy atom. The van der Waals surface area contributed by atoms with E-state index in [0.29, 0.717) is 61.8 Å². The molecular weight excluding hydrogens is 850 g/mol. The Bertz CT molecular complexity index is 2500. The lowest BCUT2D eigenvalue weighted by atomic mass is 10.2. The number of anilines is 2. The zero-order valence-corrected chi connectivity index (χ0v) is 35.0. The number of carbonyl (C=O) groups excluding carboxylic acids is 3. The molecule has 0 unspecified atom stereocenters. The molecule has 2 aliphatic rings. The number of amides is 3. The Morgan fingerprint density at radius 2 is 1.25 bits per heavy atom. The van der Waals surface area contributed by atoms with E-state index in [4.69, 9.17) is 60.3 Å². The normalized spacial score (nSPS) is 13.7. The van der Waals surface area contributed by atoms with E-state index in [1.165, 1.54) is 39.2 Å². The minimum Gasteiger partial charge on any atom is -0.480 e. The van der Waals surface area contributed by atoms with Gasteiger partial charge in [-0.3, -0.25) is 43.7 Å². The van der Waals surface area contributed by atoms with Gasteiger partial charge in [-0.2, -0.15) is 10.2 Å². The second-order valence-electron chi connectivity index (χ2n) is 13.1. The van der Waals surface area contributed by atoms with Crippen LogP contribution in [0.1, 0.15) is 22.5 Å². The Hall–Kier alpha value is -5.72. The average molecular weight is 887 g/mol. The van der Waals surface area contributed by atoms with Crippen LogP contribution in [0.5, 0.6) is 0 Å². The number of nitrogens with one attached hydrogen (secondary N) is 1. The zero-order valence-electron chi connectivity index (χ0n) is 31.9. The molecule has 2 N–H and O–H groups in total. The largest absolute Gasteiger partial charge is 0.480 e. The lowest BCUT2D eigenvalue weighted by Gasteiger charge is -2.20. The summed E-state index contributed by atoms with van der Waals surface area (Å²) in [4.78, 5) is 60.1. The number of carboxylic acids is 1. The summed E-state index contributed by atoms with van der Waals surface area (Å²) in [6.07, 6.45) is 5.79. The summed E-state index contributed by atoms with van der Waals surface area (Å²) in [6, 6.07) is 10.9. The molecule has 4 aromatic heterocycles. The summed E-state index contributed by atoms with van der Waals surface area (Å²) in [5.41, 5.74) is 5.24. The Balaban J connectivity index is 0.000000164. The molecule has 2 aliphatic heterocycles. The van der Waals surface area contributed by atoms with E-state index >= 15 is 0 Å². The Morgan fingerprint density at radius 3 is 1.71 bits per heavy atom. The quantitative estimate of drug-likeness (QED) is 0.170. The third-order valence-electron chi connectivity index (χ3n) is 9.31. The number of hydrogen-bond acceptors (Lipinski definition) is 11. The third-order valence-corrected chi connectivity index (χ3v) is 11.0. The Kier molecular flexibility index (Phi) is 13.4. The molecule has 59 heavy (non-hydrogen) atoms. The number of benzene rings is 2. The predicted octanol–water partition coefficient (Wildman–Crippen LogP) is 6.42. The number of aliphatic carboxylic acids is 1. The highest BCUT2D eigenvalue weighted by molar-refractivity contribution is 6.34. The number of halogens is 4. The summed E-state index contributed by atoms with van der Waals surface area (Å²) in [6.45, 7) is 8.03. The van der Waals surface area contributed by atoms with Gasteiger partial charge in [-0.05, 0) is 63.1 Å². The fraction of sp³-hybridized carbons (Fsp3) is 0.263. The second-order valence-corrected chi connectivity index (χ2v) is 14.7. The summed E-state index contributed by atoms with van der Waals surface area (Å²) in [5.74, 6) is -0.752. The molecule has 308 valence electrons. The van der Waals surface area contributed by atoms with Crippen LogP contribution < -0.4 is 15.1 Å². The first-order chi connectivity index (χ1) is 28.2. The molecule has 2 fully saturated rings. The summed E-state index contributed by atoms with van der Waals surface area (Å²) in [7, 11) is 0. The van der Waals surface area contributed by atoms with Gasteiger partial charge in [-0.25, -0.2) is 9.97 Å². The number of aromatic nitrogens is 6. The van der Waals surface area contributed by atoms with Gasteiger partial charge in [-0.1, -0.05) is 58.5 Å². The molecule has 2 saturated heterocycles. The molecule has 2 aromatic carbocycles. The number of nitrogens with zero attached hydrogens (tertiary/aromatic N) is 9. The number of carbonyl (C=O) groups is 4. The lowest BCUT2D eigenvalue weighted by molar-refractivity contribution is -0.138. The highest BCUT2D eigenvalue weighted by Crippen LogP contribution is 2.32. The van der Waals surface area contributed by atoms with Gasteiger partial charge in [0, 0.05) is 21.4 Å². The molecule has 0 saturated carbocycles. The third kappa shape index (κ3) is 9.45. The maximum absolute atomic E-state index is 12.8. The van der Waals surface area contributed by atoms with E-state index in [2.05, 4.69) is 25.5 Å². The van der Waals surface area contributed by atoms with Crippen LogP contribution in [-0.2, 0) is 32.3 Å². The van der Waals surface area contributed by atoms with Crippen LogP contribution in [0.4, 0.5) is 11.4 Å². The van der Waals surface area contributed by atoms with Gasteiger partial charge in [0.15, 0.2) is 11.4 Å². The van der Waals surface area contributed by atoms with E-state index in [0.717, 1.165) is 16.8 Å². The van der Waals surface area contributed by atoms with Gasteiger partial charge in [0.1, 0.15) is 38.8 Å². The van der Waals surface area contributed by atoms with Crippen LogP contribution in [0.15, 0.2) is 70.2 Å². The van der Waals surface area contributed by atoms with Crippen molar-refractivity contribution < 1.29 is 33.1 Å². The SMILES string of the molecule is Cc1c(Cl)c(-c2ncco2)nn1CC(=O)O.Cc1c(Cl)cccc1N1CN(C(=O)Cn2nc(-c3ncco3)c(Cl)c2C)CC1=O.Cc1c(Cl)cccc1N1CNCC1=O. The van der Waals surface area contributed by atoms with Gasteiger partial charge in [0.25, 0.3) is 0 Å². The minimum absolute atomic E-state index is 0.00850. The van der Waals surface area contributed by atoms with E-state index in [-0.39, 0.29) is 55.8 Å². The molecule has 17 nitrogen and oxygen atoms in total. The van der Waals surface area contributed by atoms with Crippen LogP contribution in [0.3, 0.4) is 0 Å². The van der Waals surface area contributed by atoms with Crippen molar-refractivity contribution in [1.29, 1.82) is 0 Å². The van der Waals surface area contributed by atoms with Crippen molar-refractivity contribution in [2.24, 2.45) is 0 Å². The van der Waals surface area contributed by atoms with Crippen LogP contribution >= 0.6 is 46.4 Å². The fourth-order valence-corrected chi connectivity index (χ4v) is 6.82. The molecule has 0 radical (unpaired) electrons. The Labute approximate surface area is 357 Å². The number of rotatable bonds is 8. The predicted molar refractivity (Wildman–Crippen MR) is 219 cm³/mol. The molecule has 0 atom stereocenters. The highest BCUT2D eigenvalue weighted by Gasteiger charge is 2.33. The fourth-order valence-electron chi connectivity index (χ4n) is 6.05. The number of carboxylic acid groups (broad SMARTS) is 1. The van der Waals surface area contributed by atoms with Crippen molar-refractivity contribution >= 4 is 81.5 Å². The zero-order chi connectivity index (χ0) is 42.5. The highest BCUT2D eigenvalue weighted by atomic mass is 35.5. The summed E-state index contributed by atoms with van der Waals surface area (Å²) in [5, 5.41) is 22.1. The van der Waals surface area contributed by atoms with Gasteiger partial charge in [0.05, 0.1) is 47.0 Å². The molecule has 21 heteroatoms. The van der Waals surface area contributed by atoms with Crippen LogP contribution in [0.25, 0.3) is 23.2 Å². The molecule has 0 bridgehead atoms. The molecule has 6 heterocycles. The van der Waals surface area contributed by atoms with Crippen LogP contribution in [0.2, 0.25) is 20.1 Å².